The topological polar surface area (TPSA) is 91.9 Å². The van der Waals surface area contributed by atoms with E-state index in [1.165, 1.54) is 18.6 Å². The van der Waals surface area contributed by atoms with Gasteiger partial charge in [0, 0.05) is 75.6 Å². The van der Waals surface area contributed by atoms with Crippen LogP contribution in [0.15, 0.2) is 78.4 Å². The number of ether oxygens (including phenoxy) is 1. The zero-order chi connectivity index (χ0) is 32.9. The Hall–Kier alpha value is -4.52. The van der Waals surface area contributed by atoms with E-state index in [0.29, 0.717) is 46.7 Å². The molecule has 1 fully saturated rings. The summed E-state index contributed by atoms with van der Waals surface area (Å²) in [5.74, 6) is 0.755. The summed E-state index contributed by atoms with van der Waals surface area (Å²) in [6.07, 6.45) is 2.81. The van der Waals surface area contributed by atoms with E-state index in [-0.39, 0.29) is 11.7 Å². The second-order valence-electron chi connectivity index (χ2n) is 11.8. The molecule has 0 amide bonds. The maximum absolute atomic E-state index is 13.4. The summed E-state index contributed by atoms with van der Waals surface area (Å²) in [7, 11) is 3.39. The lowest BCUT2D eigenvalue weighted by atomic mass is 9.83. The van der Waals surface area contributed by atoms with Gasteiger partial charge < -0.3 is 19.3 Å². The molecule has 0 bridgehead atoms. The van der Waals surface area contributed by atoms with Gasteiger partial charge in [-0.15, -0.1) is 0 Å². The number of hydrogen-bond acceptors (Lipinski definition) is 8. The van der Waals surface area contributed by atoms with Gasteiger partial charge in [-0.05, 0) is 41.5 Å². The third-order valence-electron chi connectivity index (χ3n) is 8.86. The van der Waals surface area contributed by atoms with E-state index in [1.54, 1.807) is 36.9 Å². The minimum absolute atomic E-state index is 0.0908. The quantitative estimate of drug-likeness (QED) is 0.220. The summed E-state index contributed by atoms with van der Waals surface area (Å²) in [5, 5.41) is 19.9. The van der Waals surface area contributed by atoms with Crippen LogP contribution in [-0.2, 0) is 30.0 Å². The first kappa shape index (κ1) is 31.1. The molecule has 0 saturated carbocycles. The number of hydrazone groups is 1. The van der Waals surface area contributed by atoms with Crippen molar-refractivity contribution in [2.24, 2.45) is 12.1 Å². The molecule has 5 aromatic rings. The molecule has 1 unspecified atom stereocenters. The maximum atomic E-state index is 13.4. The summed E-state index contributed by atoms with van der Waals surface area (Å²) in [6, 6.07) is 15.5. The number of methoxy groups -OCH3 is 1. The maximum Gasteiger partial charge on any atom is 0.433 e. The van der Waals surface area contributed by atoms with Crippen molar-refractivity contribution in [2.75, 3.05) is 36.7 Å². The lowest BCUT2D eigenvalue weighted by Crippen LogP contribution is -2.52. The Labute approximate surface area is 273 Å². The van der Waals surface area contributed by atoms with Crippen molar-refractivity contribution in [2.45, 2.75) is 30.7 Å². The highest BCUT2D eigenvalue weighted by atomic mass is 35.5. The number of pyridine rings is 2. The largest absolute Gasteiger partial charge is 0.433 e. The zero-order valence-electron chi connectivity index (χ0n) is 25.6. The Morgan fingerprint density at radius 3 is 2.40 bits per heavy atom. The Morgan fingerprint density at radius 2 is 1.79 bits per heavy atom. The van der Waals surface area contributed by atoms with Crippen LogP contribution in [0, 0.1) is 0 Å². The van der Waals surface area contributed by atoms with E-state index in [0.717, 1.165) is 47.9 Å². The molecule has 1 saturated heterocycles. The second kappa shape index (κ2) is 11.9. The number of anilines is 2. The number of imidazole rings is 1. The number of aliphatic hydroxyl groups is 1. The Bertz CT molecular complexity index is 1960. The van der Waals surface area contributed by atoms with E-state index in [9.17, 15) is 18.3 Å². The molecule has 7 rings (SSSR count). The number of fused-ring (bicyclic) bond motifs is 1. The first-order chi connectivity index (χ1) is 22.6. The predicted molar refractivity (Wildman–Crippen MR) is 174 cm³/mol. The van der Waals surface area contributed by atoms with Crippen LogP contribution >= 0.6 is 11.6 Å². The molecule has 2 aromatic carbocycles. The van der Waals surface area contributed by atoms with Gasteiger partial charge in [0.1, 0.15) is 11.5 Å². The number of halogens is 4. The molecule has 0 aliphatic carbocycles. The van der Waals surface area contributed by atoms with Crippen LogP contribution in [0.3, 0.4) is 0 Å². The number of alkyl halides is 3. The van der Waals surface area contributed by atoms with Crippen LogP contribution < -0.4 is 9.91 Å². The van der Waals surface area contributed by atoms with Crippen LogP contribution in [0.5, 0.6) is 0 Å². The van der Waals surface area contributed by atoms with Crippen molar-refractivity contribution >= 4 is 40.2 Å². The molecule has 47 heavy (non-hydrogen) atoms. The van der Waals surface area contributed by atoms with Gasteiger partial charge in [0.05, 0.1) is 40.5 Å². The summed E-state index contributed by atoms with van der Waals surface area (Å²) in [6.45, 7) is 2.18. The molecule has 13 heteroatoms. The molecule has 9 nitrogen and oxygen atoms in total. The Morgan fingerprint density at radius 1 is 1.02 bits per heavy atom. The third-order valence-corrected chi connectivity index (χ3v) is 9.29. The Kier molecular flexibility index (Phi) is 7.89. The average molecular weight is 662 g/mol. The van der Waals surface area contributed by atoms with Gasteiger partial charge in [0.15, 0.2) is 5.60 Å². The van der Waals surface area contributed by atoms with Gasteiger partial charge in [0.25, 0.3) is 0 Å². The molecule has 1 atom stereocenters. The lowest BCUT2D eigenvalue weighted by Gasteiger charge is -2.40. The number of hydrogen-bond donors (Lipinski definition) is 1. The first-order valence-corrected chi connectivity index (χ1v) is 15.5. The highest BCUT2D eigenvalue weighted by Crippen LogP contribution is 2.42. The normalized spacial score (nSPS) is 16.6. The fourth-order valence-electron chi connectivity index (χ4n) is 6.18. The Balaban J connectivity index is 1.34. The highest BCUT2D eigenvalue weighted by Gasteiger charge is 2.39. The molecular weight excluding hydrogens is 631 g/mol. The third kappa shape index (κ3) is 5.60. The molecular formula is C34H31ClF3N7O2. The van der Waals surface area contributed by atoms with Crippen LogP contribution in [0.1, 0.15) is 40.1 Å². The van der Waals surface area contributed by atoms with Crippen LogP contribution in [0.25, 0.3) is 10.9 Å². The number of aromatic nitrogens is 4. The molecule has 1 N–H and O–H groups in total. The minimum Gasteiger partial charge on any atom is -0.378 e. The smallest absolute Gasteiger partial charge is 0.378 e. The van der Waals surface area contributed by atoms with Crippen molar-refractivity contribution in [3.63, 3.8) is 0 Å². The fourth-order valence-corrected chi connectivity index (χ4v) is 6.48. The van der Waals surface area contributed by atoms with Crippen molar-refractivity contribution in [1.29, 1.82) is 0 Å². The molecule has 0 spiro atoms. The molecule has 242 valence electrons. The molecule has 3 aromatic heterocycles. The highest BCUT2D eigenvalue weighted by molar-refractivity contribution is 6.36. The SMILES string of the molecule is COC1CN(c2nc3ccc(C(O)(c4ccc(C(F)(F)F)nc4)c4cncn4C)cc3c(Cl)c2Cc2ccc(N3CCC=N3)cc2)C1. The zero-order valence-corrected chi connectivity index (χ0v) is 26.4. The average Bonchev–Trinajstić information content (AvgIpc) is 3.74. The predicted octanol–water partition coefficient (Wildman–Crippen LogP) is 5.94. The van der Waals surface area contributed by atoms with E-state index in [4.69, 9.17) is 21.3 Å². The van der Waals surface area contributed by atoms with E-state index < -0.39 is 17.5 Å². The summed E-state index contributed by atoms with van der Waals surface area (Å²) < 4.78 is 47.2. The second-order valence-corrected chi connectivity index (χ2v) is 12.2. The molecule has 2 aliphatic heterocycles. The van der Waals surface area contributed by atoms with E-state index in [1.807, 2.05) is 23.4 Å². The van der Waals surface area contributed by atoms with Crippen LogP contribution in [0.4, 0.5) is 24.7 Å². The number of rotatable bonds is 8. The van der Waals surface area contributed by atoms with Crippen molar-refractivity contribution in [3.05, 3.63) is 112 Å². The van der Waals surface area contributed by atoms with Gasteiger partial charge in [-0.3, -0.25) is 9.99 Å². The van der Waals surface area contributed by atoms with Crippen molar-refractivity contribution in [3.8, 4) is 0 Å². The van der Waals surface area contributed by atoms with Gasteiger partial charge in [-0.2, -0.15) is 18.3 Å². The van der Waals surface area contributed by atoms with Crippen molar-refractivity contribution in [1.82, 2.24) is 19.5 Å². The molecule has 2 aliphatic rings. The van der Waals surface area contributed by atoms with Crippen LogP contribution in [-0.4, -0.2) is 63.7 Å². The van der Waals surface area contributed by atoms with Crippen LogP contribution in [0.2, 0.25) is 5.02 Å². The fraction of sp³-hybridized carbons (Fsp3) is 0.294. The van der Waals surface area contributed by atoms with Crippen molar-refractivity contribution < 1.29 is 23.0 Å². The van der Waals surface area contributed by atoms with Gasteiger partial charge in [-0.1, -0.05) is 35.9 Å². The van der Waals surface area contributed by atoms with Gasteiger partial charge in [0.2, 0.25) is 0 Å². The monoisotopic (exact) mass is 661 g/mol. The first-order valence-electron chi connectivity index (χ1n) is 15.1. The summed E-state index contributed by atoms with van der Waals surface area (Å²) >= 11 is 7.26. The summed E-state index contributed by atoms with van der Waals surface area (Å²) in [4.78, 5) is 15.0. The standard InChI is InChI=1S/C34H31ClF3N7O2/c1-43-20-39-17-30(43)33(46,23-7-11-29(40-16-23)34(36,37)38)22-6-10-28-26(15-22)31(35)27(32(42-28)44-18-25(19-44)47-2)14-21-4-8-24(9-5-21)45-13-3-12-41-45/h4-12,15-17,20,25,46H,3,13-14,18-19H2,1-2H3. The van der Waals surface area contributed by atoms with Gasteiger partial charge >= 0.3 is 6.18 Å². The van der Waals surface area contributed by atoms with Gasteiger partial charge in [-0.25, -0.2) is 9.97 Å². The lowest BCUT2D eigenvalue weighted by molar-refractivity contribution is -0.141. The minimum atomic E-state index is -4.62. The number of benzene rings is 2. The molecule has 0 radical (unpaired) electrons. The van der Waals surface area contributed by atoms with E-state index >= 15 is 0 Å². The number of aryl methyl sites for hydroxylation is 1. The summed E-state index contributed by atoms with van der Waals surface area (Å²) in [5.41, 5.74) is 1.36. The van der Waals surface area contributed by atoms with E-state index in [2.05, 4.69) is 32.1 Å². The number of nitrogens with zero attached hydrogens (tertiary/aromatic N) is 7. The molecule has 5 heterocycles.